The van der Waals surface area contributed by atoms with Crippen LogP contribution in [0.15, 0.2) is 0 Å². The number of rotatable bonds is 5. The summed E-state index contributed by atoms with van der Waals surface area (Å²) >= 11 is 0. The van der Waals surface area contributed by atoms with E-state index >= 15 is 0 Å². The molecule has 72 valence electrons. The summed E-state index contributed by atoms with van der Waals surface area (Å²) in [6, 6.07) is 0. The van der Waals surface area contributed by atoms with Gasteiger partial charge in [-0.2, -0.15) is 0 Å². The molecule has 0 aromatic rings. The molecule has 0 bridgehead atoms. The molecule has 0 aromatic carbocycles. The van der Waals surface area contributed by atoms with Crippen LogP contribution in [0, 0.1) is 0 Å². The molecule has 0 rings (SSSR count). The van der Waals surface area contributed by atoms with Crippen molar-refractivity contribution in [2.45, 2.75) is 32.3 Å². The topological polar surface area (TPSA) is 49.8 Å². The Labute approximate surface area is 73.1 Å². The number of hydrogen-bond donors (Lipinski definition) is 1. The van der Waals surface area contributed by atoms with Gasteiger partial charge in [0.15, 0.2) is 0 Å². The summed E-state index contributed by atoms with van der Waals surface area (Å²) in [5, 5.41) is 10.4. The van der Waals surface area contributed by atoms with Gasteiger partial charge in [0.2, 0.25) is 5.91 Å². The first kappa shape index (κ1) is 11.4. The highest BCUT2D eigenvalue weighted by Crippen LogP contribution is 2.03. The van der Waals surface area contributed by atoms with E-state index in [9.17, 15) is 9.90 Å². The van der Waals surface area contributed by atoms with Crippen LogP contribution < -0.4 is 0 Å². The molecule has 0 unspecified atom stereocenters. The van der Waals surface area contributed by atoms with Crippen LogP contribution in [0.2, 0.25) is 0 Å². The fourth-order valence-corrected chi connectivity index (χ4v) is 0.867. The van der Waals surface area contributed by atoms with Crippen LogP contribution in [-0.4, -0.2) is 36.3 Å². The van der Waals surface area contributed by atoms with Crippen molar-refractivity contribution in [2.75, 3.05) is 14.2 Å². The van der Waals surface area contributed by atoms with E-state index in [0.717, 1.165) is 11.5 Å². The van der Waals surface area contributed by atoms with Gasteiger partial charge in [0, 0.05) is 7.05 Å². The van der Waals surface area contributed by atoms with Crippen LogP contribution in [-0.2, 0) is 9.63 Å². The fourth-order valence-electron chi connectivity index (χ4n) is 0.867. The zero-order valence-electron chi connectivity index (χ0n) is 7.91. The minimum absolute atomic E-state index is 0.137. The van der Waals surface area contributed by atoms with E-state index in [1.165, 1.54) is 14.2 Å². The average molecular weight is 175 g/mol. The molecule has 0 spiro atoms. The van der Waals surface area contributed by atoms with Gasteiger partial charge in [-0.25, -0.2) is 5.06 Å². The van der Waals surface area contributed by atoms with Crippen molar-refractivity contribution < 1.29 is 14.7 Å². The van der Waals surface area contributed by atoms with E-state index < -0.39 is 6.10 Å². The summed E-state index contributed by atoms with van der Waals surface area (Å²) in [6.45, 7) is 1.97. The van der Waals surface area contributed by atoms with E-state index in [1.54, 1.807) is 0 Å². The van der Waals surface area contributed by atoms with Crippen molar-refractivity contribution in [2.24, 2.45) is 0 Å². The van der Waals surface area contributed by atoms with Gasteiger partial charge in [0.05, 0.1) is 19.6 Å². The Balaban J connectivity index is 3.67. The van der Waals surface area contributed by atoms with Gasteiger partial charge in [-0.15, -0.1) is 0 Å². The number of carbonyl (C=O) groups excluding carboxylic acids is 1. The van der Waals surface area contributed by atoms with Crippen molar-refractivity contribution in [3.63, 3.8) is 0 Å². The third-order valence-electron chi connectivity index (χ3n) is 1.66. The summed E-state index contributed by atoms with van der Waals surface area (Å²) in [5.41, 5.74) is 0. The lowest BCUT2D eigenvalue weighted by atomic mass is 10.1. The van der Waals surface area contributed by atoms with Gasteiger partial charge in [0.25, 0.3) is 0 Å². The summed E-state index contributed by atoms with van der Waals surface area (Å²) < 4.78 is 0. The minimum Gasteiger partial charge on any atom is -0.393 e. The van der Waals surface area contributed by atoms with E-state index in [-0.39, 0.29) is 12.3 Å². The fraction of sp³-hybridized carbons (Fsp3) is 0.875. The predicted molar refractivity (Wildman–Crippen MR) is 45.3 cm³/mol. The van der Waals surface area contributed by atoms with Crippen molar-refractivity contribution in [3.05, 3.63) is 0 Å². The van der Waals surface area contributed by atoms with Gasteiger partial charge >= 0.3 is 0 Å². The summed E-state index contributed by atoms with van der Waals surface area (Å²) in [4.78, 5) is 15.8. The van der Waals surface area contributed by atoms with E-state index in [0.29, 0.717) is 6.42 Å². The van der Waals surface area contributed by atoms with Gasteiger partial charge in [0.1, 0.15) is 0 Å². The Morgan fingerprint density at radius 1 is 1.67 bits per heavy atom. The molecule has 12 heavy (non-hydrogen) atoms. The van der Waals surface area contributed by atoms with Crippen LogP contribution in [0.25, 0.3) is 0 Å². The van der Waals surface area contributed by atoms with Gasteiger partial charge in [-0.1, -0.05) is 13.3 Å². The molecule has 1 amide bonds. The molecular formula is C8H17NO3. The number of hydrogen-bond acceptors (Lipinski definition) is 3. The molecule has 0 aliphatic rings. The Morgan fingerprint density at radius 2 is 2.25 bits per heavy atom. The number of hydroxylamine groups is 2. The van der Waals surface area contributed by atoms with Crippen molar-refractivity contribution in [1.82, 2.24) is 5.06 Å². The molecule has 0 saturated heterocycles. The van der Waals surface area contributed by atoms with Gasteiger partial charge < -0.3 is 5.11 Å². The molecule has 4 nitrogen and oxygen atoms in total. The zero-order chi connectivity index (χ0) is 9.56. The summed E-state index contributed by atoms with van der Waals surface area (Å²) in [7, 11) is 2.95. The quantitative estimate of drug-likeness (QED) is 0.621. The highest BCUT2D eigenvalue weighted by atomic mass is 16.7. The number of aliphatic hydroxyl groups excluding tert-OH is 1. The normalized spacial score (nSPS) is 12.7. The largest absolute Gasteiger partial charge is 0.393 e. The molecular weight excluding hydrogens is 158 g/mol. The van der Waals surface area contributed by atoms with Crippen molar-refractivity contribution >= 4 is 5.91 Å². The molecule has 0 aliphatic heterocycles. The number of nitrogens with zero attached hydrogens (tertiary/aromatic N) is 1. The average Bonchev–Trinajstić information content (AvgIpc) is 2.03. The van der Waals surface area contributed by atoms with Crippen LogP contribution >= 0.6 is 0 Å². The highest BCUT2D eigenvalue weighted by molar-refractivity contribution is 5.75. The molecule has 0 heterocycles. The van der Waals surface area contributed by atoms with Crippen LogP contribution in [0.1, 0.15) is 26.2 Å². The summed E-state index contributed by atoms with van der Waals surface area (Å²) in [6.07, 6.45) is 1.13. The Morgan fingerprint density at radius 3 is 2.67 bits per heavy atom. The van der Waals surface area contributed by atoms with E-state index in [2.05, 4.69) is 4.84 Å². The first-order chi connectivity index (χ1) is 5.61. The lowest BCUT2D eigenvalue weighted by Gasteiger charge is -2.15. The maximum Gasteiger partial charge on any atom is 0.248 e. The van der Waals surface area contributed by atoms with Crippen molar-refractivity contribution in [1.29, 1.82) is 0 Å². The van der Waals surface area contributed by atoms with Crippen LogP contribution in [0.4, 0.5) is 0 Å². The standard InChI is InChI=1S/C8H17NO3/c1-4-5-7(10)6-8(11)9(2)12-3/h7,10H,4-6H2,1-3H3/t7-/m1/s1. The zero-order valence-corrected chi connectivity index (χ0v) is 7.91. The Bertz CT molecular complexity index is 138. The molecule has 1 atom stereocenters. The lowest BCUT2D eigenvalue weighted by molar-refractivity contribution is -0.170. The molecule has 1 N–H and O–H groups in total. The molecule has 0 fully saturated rings. The second kappa shape index (κ2) is 5.97. The number of aliphatic hydroxyl groups is 1. The molecule has 0 radical (unpaired) electrons. The van der Waals surface area contributed by atoms with Crippen LogP contribution in [0.5, 0.6) is 0 Å². The first-order valence-electron chi connectivity index (χ1n) is 4.10. The SMILES string of the molecule is CCC[C@@H](O)CC(=O)N(C)OC. The monoisotopic (exact) mass is 175 g/mol. The third-order valence-corrected chi connectivity index (χ3v) is 1.66. The van der Waals surface area contributed by atoms with E-state index in [1.807, 2.05) is 6.92 Å². The van der Waals surface area contributed by atoms with E-state index in [4.69, 9.17) is 0 Å². The van der Waals surface area contributed by atoms with Gasteiger partial charge in [-0.3, -0.25) is 9.63 Å². The number of amides is 1. The highest BCUT2D eigenvalue weighted by Gasteiger charge is 2.13. The maximum atomic E-state index is 11.1. The van der Waals surface area contributed by atoms with Crippen LogP contribution in [0.3, 0.4) is 0 Å². The first-order valence-corrected chi connectivity index (χ1v) is 4.10. The second-order valence-corrected chi connectivity index (χ2v) is 2.72. The van der Waals surface area contributed by atoms with Crippen molar-refractivity contribution in [3.8, 4) is 0 Å². The Hall–Kier alpha value is -0.610. The molecule has 0 aliphatic carbocycles. The predicted octanol–water partition coefficient (Wildman–Crippen LogP) is 0.557. The number of carbonyl (C=O) groups is 1. The second-order valence-electron chi connectivity index (χ2n) is 2.72. The summed E-state index contributed by atoms with van der Waals surface area (Å²) in [5.74, 6) is -0.196. The van der Waals surface area contributed by atoms with Gasteiger partial charge in [-0.05, 0) is 6.42 Å². The lowest BCUT2D eigenvalue weighted by Crippen LogP contribution is -2.28. The maximum absolute atomic E-state index is 11.1. The molecule has 0 aromatic heterocycles. The Kier molecular flexibility index (Phi) is 5.66. The molecule has 0 saturated carbocycles. The third kappa shape index (κ3) is 4.31. The molecule has 4 heteroatoms. The smallest absolute Gasteiger partial charge is 0.248 e. The minimum atomic E-state index is -0.542.